The van der Waals surface area contributed by atoms with Crippen LogP contribution in [0.1, 0.15) is 25.8 Å². The van der Waals surface area contributed by atoms with Crippen molar-refractivity contribution in [1.82, 2.24) is 9.97 Å². The second kappa shape index (κ2) is 6.93. The highest BCUT2D eigenvalue weighted by Gasteiger charge is 2.12. The Morgan fingerprint density at radius 3 is 2.83 bits per heavy atom. The lowest BCUT2D eigenvalue weighted by molar-refractivity contribution is 0.0509. The van der Waals surface area contributed by atoms with E-state index in [-0.39, 0.29) is 24.1 Å². The maximum atomic E-state index is 13.7. The molecular formula is C19H19FN2O2. The van der Waals surface area contributed by atoms with Gasteiger partial charge in [-0.25, -0.2) is 9.37 Å². The van der Waals surface area contributed by atoms with Crippen LogP contribution in [0.15, 0.2) is 47.3 Å². The molecule has 0 aliphatic rings. The van der Waals surface area contributed by atoms with Gasteiger partial charge in [-0.2, -0.15) is 0 Å². The number of halogens is 1. The minimum absolute atomic E-state index is 0.0738. The van der Waals surface area contributed by atoms with Crippen molar-refractivity contribution in [1.29, 1.82) is 0 Å². The maximum Gasteiger partial charge on any atom is 0.259 e. The Balaban J connectivity index is 2.07. The van der Waals surface area contributed by atoms with Crippen molar-refractivity contribution in [2.24, 2.45) is 0 Å². The predicted molar refractivity (Wildman–Crippen MR) is 92.3 cm³/mol. The molecule has 24 heavy (non-hydrogen) atoms. The van der Waals surface area contributed by atoms with Crippen molar-refractivity contribution < 1.29 is 9.13 Å². The van der Waals surface area contributed by atoms with Crippen molar-refractivity contribution in [3.8, 4) is 11.4 Å². The topological polar surface area (TPSA) is 55.0 Å². The van der Waals surface area contributed by atoms with Gasteiger partial charge in [0.15, 0.2) is 0 Å². The molecule has 0 saturated carbocycles. The number of nitrogens with zero attached hydrogens (tertiary/aromatic N) is 1. The van der Waals surface area contributed by atoms with Gasteiger partial charge >= 0.3 is 0 Å². The SMILES string of the molecule is CCC(C)OCc1cc(F)ccc1-c1nc2ccccc2c(=O)[nH]1. The Hall–Kier alpha value is -2.53. The molecule has 0 saturated heterocycles. The zero-order valence-corrected chi connectivity index (χ0v) is 13.7. The third-order valence-electron chi connectivity index (χ3n) is 4.03. The lowest BCUT2D eigenvalue weighted by Crippen LogP contribution is -2.11. The van der Waals surface area contributed by atoms with Crippen LogP contribution in [0.2, 0.25) is 0 Å². The summed E-state index contributed by atoms with van der Waals surface area (Å²) >= 11 is 0. The number of ether oxygens (including phenoxy) is 1. The number of hydrogen-bond acceptors (Lipinski definition) is 3. The van der Waals surface area contributed by atoms with Gasteiger partial charge in [0.1, 0.15) is 11.6 Å². The third-order valence-corrected chi connectivity index (χ3v) is 4.03. The van der Waals surface area contributed by atoms with Crippen molar-refractivity contribution in [3.05, 3.63) is 64.2 Å². The van der Waals surface area contributed by atoms with Gasteiger partial charge < -0.3 is 9.72 Å². The second-order valence-electron chi connectivity index (χ2n) is 5.76. The number of rotatable bonds is 5. The smallest absolute Gasteiger partial charge is 0.259 e. The summed E-state index contributed by atoms with van der Waals surface area (Å²) in [7, 11) is 0. The van der Waals surface area contributed by atoms with E-state index in [1.807, 2.05) is 19.9 Å². The summed E-state index contributed by atoms with van der Waals surface area (Å²) < 4.78 is 19.4. The molecule has 0 bridgehead atoms. The Bertz CT molecular complexity index is 921. The Morgan fingerprint density at radius 2 is 2.04 bits per heavy atom. The number of para-hydroxylation sites is 1. The van der Waals surface area contributed by atoms with Crippen molar-refractivity contribution in [2.45, 2.75) is 33.0 Å². The fourth-order valence-corrected chi connectivity index (χ4v) is 2.48. The lowest BCUT2D eigenvalue weighted by Gasteiger charge is -2.14. The van der Waals surface area contributed by atoms with Gasteiger partial charge in [0.2, 0.25) is 0 Å². The molecular weight excluding hydrogens is 307 g/mol. The van der Waals surface area contributed by atoms with E-state index in [0.29, 0.717) is 27.9 Å². The van der Waals surface area contributed by atoms with E-state index in [4.69, 9.17) is 4.74 Å². The highest BCUT2D eigenvalue weighted by Crippen LogP contribution is 2.23. The molecule has 0 aliphatic heterocycles. The van der Waals surface area contributed by atoms with Crippen LogP contribution in [0.3, 0.4) is 0 Å². The minimum Gasteiger partial charge on any atom is -0.374 e. The lowest BCUT2D eigenvalue weighted by atomic mass is 10.1. The summed E-state index contributed by atoms with van der Waals surface area (Å²) in [6.45, 7) is 4.26. The van der Waals surface area contributed by atoms with Gasteiger partial charge in [-0.15, -0.1) is 0 Å². The van der Waals surface area contributed by atoms with E-state index < -0.39 is 0 Å². The quantitative estimate of drug-likeness (QED) is 0.770. The first-order chi connectivity index (χ1) is 11.6. The fraction of sp³-hybridized carbons (Fsp3) is 0.263. The molecule has 3 aromatic rings. The zero-order chi connectivity index (χ0) is 17.1. The molecule has 1 unspecified atom stereocenters. The molecule has 0 spiro atoms. The molecule has 1 N–H and O–H groups in total. The molecule has 0 fully saturated rings. The number of aromatic amines is 1. The fourth-order valence-electron chi connectivity index (χ4n) is 2.48. The van der Waals surface area contributed by atoms with Gasteiger partial charge in [0.25, 0.3) is 5.56 Å². The molecule has 124 valence electrons. The normalized spacial score (nSPS) is 12.5. The summed E-state index contributed by atoms with van der Waals surface area (Å²) in [4.78, 5) is 19.6. The molecule has 1 atom stereocenters. The highest BCUT2D eigenvalue weighted by molar-refractivity contribution is 5.79. The van der Waals surface area contributed by atoms with Crippen LogP contribution >= 0.6 is 0 Å². The van der Waals surface area contributed by atoms with Crippen molar-refractivity contribution in [3.63, 3.8) is 0 Å². The molecule has 5 heteroatoms. The molecule has 1 aromatic heterocycles. The van der Waals surface area contributed by atoms with E-state index in [9.17, 15) is 9.18 Å². The zero-order valence-electron chi connectivity index (χ0n) is 13.7. The molecule has 1 heterocycles. The number of nitrogens with one attached hydrogen (secondary N) is 1. The van der Waals surface area contributed by atoms with Crippen molar-refractivity contribution >= 4 is 10.9 Å². The van der Waals surface area contributed by atoms with Crippen LogP contribution in [-0.2, 0) is 11.3 Å². The molecule has 2 aromatic carbocycles. The van der Waals surface area contributed by atoms with Crippen LogP contribution in [0.5, 0.6) is 0 Å². The van der Waals surface area contributed by atoms with E-state index >= 15 is 0 Å². The van der Waals surface area contributed by atoms with Gasteiger partial charge in [-0.05, 0) is 49.2 Å². The van der Waals surface area contributed by atoms with Gasteiger partial charge in [0, 0.05) is 5.56 Å². The second-order valence-corrected chi connectivity index (χ2v) is 5.76. The van der Waals surface area contributed by atoms with E-state index in [1.54, 1.807) is 24.3 Å². The van der Waals surface area contributed by atoms with Gasteiger partial charge in [0.05, 0.1) is 23.6 Å². The maximum absolute atomic E-state index is 13.7. The highest BCUT2D eigenvalue weighted by atomic mass is 19.1. The summed E-state index contributed by atoms with van der Waals surface area (Å²) in [5.41, 5.74) is 1.72. The largest absolute Gasteiger partial charge is 0.374 e. The Kier molecular flexibility index (Phi) is 4.71. The number of benzene rings is 2. The van der Waals surface area contributed by atoms with Crippen LogP contribution in [0, 0.1) is 5.82 Å². The monoisotopic (exact) mass is 326 g/mol. The average molecular weight is 326 g/mol. The molecule has 0 amide bonds. The first-order valence-electron chi connectivity index (χ1n) is 7.98. The number of fused-ring (bicyclic) bond motifs is 1. The van der Waals surface area contributed by atoms with Crippen molar-refractivity contribution in [2.75, 3.05) is 0 Å². The molecule has 0 aliphatic carbocycles. The molecule has 4 nitrogen and oxygen atoms in total. The predicted octanol–water partition coefficient (Wildman–Crippen LogP) is 4.04. The van der Waals surface area contributed by atoms with Gasteiger partial charge in [-0.3, -0.25) is 4.79 Å². The number of hydrogen-bond donors (Lipinski definition) is 1. The van der Waals surface area contributed by atoms with Gasteiger partial charge in [-0.1, -0.05) is 19.1 Å². The van der Waals surface area contributed by atoms with Crippen LogP contribution in [0.4, 0.5) is 4.39 Å². The molecule has 0 radical (unpaired) electrons. The minimum atomic E-state index is -0.343. The number of aromatic nitrogens is 2. The third kappa shape index (κ3) is 3.36. The van der Waals surface area contributed by atoms with Crippen LogP contribution in [0.25, 0.3) is 22.3 Å². The number of H-pyrrole nitrogens is 1. The summed E-state index contributed by atoms with van der Waals surface area (Å²) in [5.74, 6) is 0.0751. The summed E-state index contributed by atoms with van der Waals surface area (Å²) in [5, 5.41) is 0.528. The first kappa shape index (κ1) is 16.3. The van der Waals surface area contributed by atoms with Crippen LogP contribution in [-0.4, -0.2) is 16.1 Å². The average Bonchev–Trinajstić information content (AvgIpc) is 2.59. The standard InChI is InChI=1S/C19H19FN2O2/c1-3-12(2)24-11-13-10-14(20)8-9-15(13)18-21-17-7-5-4-6-16(17)19(23)22-18/h4-10,12H,3,11H2,1-2H3,(H,21,22,23). The summed E-state index contributed by atoms with van der Waals surface area (Å²) in [6, 6.07) is 11.5. The Morgan fingerprint density at radius 1 is 1.25 bits per heavy atom. The Labute approximate surface area is 139 Å². The summed E-state index contributed by atoms with van der Waals surface area (Å²) in [6.07, 6.45) is 0.945. The van der Waals surface area contributed by atoms with Crippen LogP contribution < -0.4 is 5.56 Å². The molecule has 3 rings (SSSR count). The van der Waals surface area contributed by atoms with E-state index in [1.165, 1.54) is 12.1 Å². The first-order valence-corrected chi connectivity index (χ1v) is 7.98. The van der Waals surface area contributed by atoms with E-state index in [2.05, 4.69) is 9.97 Å². The van der Waals surface area contributed by atoms with E-state index in [0.717, 1.165) is 6.42 Å².